The Kier molecular flexibility index (Phi) is 6.62. The quantitative estimate of drug-likeness (QED) is 0.389. The standard InChI is InChI=1S/C20H26N4O2.HI/c1-2-21-19(22-14-15-9-12-25-24-15)23-17-13-20(10-5-6-11-20)26-18-8-4-3-7-16(17)18;/h3-4,7-9,12,17H,2,5-6,10-11,13-14H2,1H3,(H2,21,22,23);1H. The van der Waals surface area contributed by atoms with Crippen LogP contribution in [0.15, 0.2) is 46.1 Å². The fraction of sp³-hybridized carbons (Fsp3) is 0.500. The maximum Gasteiger partial charge on any atom is 0.192 e. The lowest BCUT2D eigenvalue weighted by molar-refractivity contribution is 0.0396. The smallest absolute Gasteiger partial charge is 0.192 e. The summed E-state index contributed by atoms with van der Waals surface area (Å²) in [7, 11) is 0. The summed E-state index contributed by atoms with van der Waals surface area (Å²) >= 11 is 0. The molecule has 4 rings (SSSR count). The molecular weight excluding hydrogens is 455 g/mol. The van der Waals surface area contributed by atoms with Crippen molar-refractivity contribution >= 4 is 29.9 Å². The molecule has 1 aliphatic heterocycles. The highest BCUT2D eigenvalue weighted by Crippen LogP contribution is 2.46. The Balaban J connectivity index is 0.00000210. The lowest BCUT2D eigenvalue weighted by atomic mass is 9.86. The number of aliphatic imine (C=N–C) groups is 1. The number of benzene rings is 1. The van der Waals surface area contributed by atoms with Gasteiger partial charge in [-0.2, -0.15) is 0 Å². The number of nitrogens with one attached hydrogen (secondary N) is 2. The molecule has 0 radical (unpaired) electrons. The molecule has 1 aliphatic carbocycles. The minimum absolute atomic E-state index is 0. The minimum atomic E-state index is -0.0323. The lowest BCUT2D eigenvalue weighted by Gasteiger charge is -2.40. The van der Waals surface area contributed by atoms with Gasteiger partial charge in [0.25, 0.3) is 0 Å². The van der Waals surface area contributed by atoms with E-state index in [1.807, 2.05) is 12.1 Å². The largest absolute Gasteiger partial charge is 0.487 e. The third-order valence-corrected chi connectivity index (χ3v) is 5.26. The Labute approximate surface area is 177 Å². The molecule has 0 bridgehead atoms. The van der Waals surface area contributed by atoms with E-state index in [2.05, 4.69) is 45.9 Å². The molecule has 2 aromatic rings. The molecule has 1 spiro atoms. The normalized spacial score (nSPS) is 20.5. The van der Waals surface area contributed by atoms with Gasteiger partial charge in [0, 0.05) is 24.6 Å². The van der Waals surface area contributed by atoms with E-state index in [9.17, 15) is 0 Å². The first-order valence-corrected chi connectivity index (χ1v) is 9.50. The van der Waals surface area contributed by atoms with Gasteiger partial charge in [-0.1, -0.05) is 23.4 Å². The highest BCUT2D eigenvalue weighted by atomic mass is 127. The number of aromatic nitrogens is 1. The van der Waals surface area contributed by atoms with Crippen LogP contribution in [0.3, 0.4) is 0 Å². The van der Waals surface area contributed by atoms with Crippen molar-refractivity contribution in [1.82, 2.24) is 15.8 Å². The van der Waals surface area contributed by atoms with Crippen LogP contribution in [0.5, 0.6) is 5.75 Å². The van der Waals surface area contributed by atoms with E-state index in [0.717, 1.165) is 43.2 Å². The predicted molar refractivity (Wildman–Crippen MR) is 115 cm³/mol. The van der Waals surface area contributed by atoms with Gasteiger partial charge in [-0.3, -0.25) is 0 Å². The molecule has 6 nitrogen and oxygen atoms in total. The van der Waals surface area contributed by atoms with Crippen molar-refractivity contribution in [1.29, 1.82) is 0 Å². The molecule has 0 saturated heterocycles. The van der Waals surface area contributed by atoms with Gasteiger partial charge < -0.3 is 19.9 Å². The van der Waals surface area contributed by atoms with Crippen LogP contribution in [-0.2, 0) is 6.54 Å². The zero-order valence-corrected chi connectivity index (χ0v) is 17.9. The van der Waals surface area contributed by atoms with Crippen molar-refractivity contribution in [3.05, 3.63) is 47.9 Å². The van der Waals surface area contributed by atoms with E-state index in [-0.39, 0.29) is 35.6 Å². The summed E-state index contributed by atoms with van der Waals surface area (Å²) in [5.41, 5.74) is 1.99. The van der Waals surface area contributed by atoms with Crippen molar-refractivity contribution in [3.63, 3.8) is 0 Å². The number of hydrogen-bond acceptors (Lipinski definition) is 4. The topological polar surface area (TPSA) is 71.7 Å². The SMILES string of the molecule is CCNC(=NCc1ccon1)NC1CC2(CCCC2)Oc2ccccc21.I. The van der Waals surface area contributed by atoms with Crippen LogP contribution in [0.25, 0.3) is 0 Å². The Hall–Kier alpha value is -1.77. The highest BCUT2D eigenvalue weighted by Gasteiger charge is 2.43. The molecule has 146 valence electrons. The molecule has 0 amide bonds. The average molecular weight is 482 g/mol. The van der Waals surface area contributed by atoms with Gasteiger partial charge in [0.15, 0.2) is 5.96 Å². The molecule has 27 heavy (non-hydrogen) atoms. The Morgan fingerprint density at radius 2 is 2.07 bits per heavy atom. The lowest BCUT2D eigenvalue weighted by Crippen LogP contribution is -2.46. The second kappa shape index (κ2) is 8.95. The zero-order valence-electron chi connectivity index (χ0n) is 15.6. The monoisotopic (exact) mass is 482 g/mol. The van der Waals surface area contributed by atoms with Crippen LogP contribution >= 0.6 is 24.0 Å². The summed E-state index contributed by atoms with van der Waals surface area (Å²) in [6, 6.07) is 10.4. The summed E-state index contributed by atoms with van der Waals surface area (Å²) in [5.74, 6) is 1.80. The summed E-state index contributed by atoms with van der Waals surface area (Å²) < 4.78 is 11.3. The number of ether oxygens (including phenoxy) is 1. The highest BCUT2D eigenvalue weighted by molar-refractivity contribution is 14.0. The third kappa shape index (κ3) is 4.56. The number of rotatable bonds is 4. The van der Waals surface area contributed by atoms with E-state index in [0.29, 0.717) is 6.54 Å². The molecule has 2 N–H and O–H groups in total. The number of guanidine groups is 1. The van der Waals surface area contributed by atoms with Gasteiger partial charge in [-0.05, 0) is 38.7 Å². The van der Waals surface area contributed by atoms with Gasteiger partial charge in [0.2, 0.25) is 0 Å². The van der Waals surface area contributed by atoms with E-state index in [1.54, 1.807) is 6.26 Å². The number of para-hydroxylation sites is 1. The third-order valence-electron chi connectivity index (χ3n) is 5.26. The maximum absolute atomic E-state index is 6.45. The van der Waals surface area contributed by atoms with Crippen molar-refractivity contribution in [2.75, 3.05) is 6.54 Å². The molecule has 1 fully saturated rings. The van der Waals surface area contributed by atoms with Crippen LogP contribution in [0.4, 0.5) is 0 Å². The molecule has 1 unspecified atom stereocenters. The first-order valence-electron chi connectivity index (χ1n) is 9.50. The molecule has 2 aliphatic rings. The van der Waals surface area contributed by atoms with Crippen LogP contribution in [0.1, 0.15) is 56.3 Å². The fourth-order valence-corrected chi connectivity index (χ4v) is 4.04. The van der Waals surface area contributed by atoms with Crippen LogP contribution < -0.4 is 15.4 Å². The molecule has 2 heterocycles. The fourth-order valence-electron chi connectivity index (χ4n) is 4.04. The van der Waals surface area contributed by atoms with Crippen molar-refractivity contribution < 1.29 is 9.26 Å². The van der Waals surface area contributed by atoms with E-state index in [1.165, 1.54) is 18.4 Å². The second-order valence-corrected chi connectivity index (χ2v) is 7.12. The van der Waals surface area contributed by atoms with Crippen molar-refractivity contribution in [3.8, 4) is 5.75 Å². The molecule has 1 aromatic heterocycles. The summed E-state index contributed by atoms with van der Waals surface area (Å²) in [4.78, 5) is 4.67. The Morgan fingerprint density at radius 1 is 1.26 bits per heavy atom. The zero-order chi connectivity index (χ0) is 17.8. The number of nitrogens with zero attached hydrogens (tertiary/aromatic N) is 2. The maximum atomic E-state index is 6.45. The van der Waals surface area contributed by atoms with Crippen LogP contribution in [0.2, 0.25) is 0 Å². The van der Waals surface area contributed by atoms with E-state index in [4.69, 9.17) is 9.26 Å². The first-order chi connectivity index (χ1) is 12.8. The van der Waals surface area contributed by atoms with Gasteiger partial charge in [0.05, 0.1) is 12.6 Å². The molecule has 7 heteroatoms. The number of halogens is 1. The van der Waals surface area contributed by atoms with Gasteiger partial charge >= 0.3 is 0 Å². The molecular formula is C20H27IN4O2. The van der Waals surface area contributed by atoms with Gasteiger partial charge in [-0.25, -0.2) is 4.99 Å². The summed E-state index contributed by atoms with van der Waals surface area (Å²) in [5, 5.41) is 10.9. The number of fused-ring (bicyclic) bond motifs is 1. The Morgan fingerprint density at radius 3 is 2.81 bits per heavy atom. The van der Waals surface area contributed by atoms with Crippen molar-refractivity contribution in [2.45, 2.75) is 57.2 Å². The summed E-state index contributed by atoms with van der Waals surface area (Å²) in [6.45, 7) is 3.37. The Bertz CT molecular complexity index is 757. The van der Waals surface area contributed by atoms with Gasteiger partial charge in [0.1, 0.15) is 23.3 Å². The first kappa shape index (κ1) is 20.0. The average Bonchev–Trinajstić information content (AvgIpc) is 3.32. The molecule has 1 atom stereocenters. The van der Waals surface area contributed by atoms with E-state index < -0.39 is 0 Å². The summed E-state index contributed by atoms with van der Waals surface area (Å²) in [6.07, 6.45) is 7.30. The van der Waals surface area contributed by atoms with Crippen LogP contribution in [0, 0.1) is 0 Å². The number of hydrogen-bond donors (Lipinski definition) is 2. The molecule has 1 aromatic carbocycles. The van der Waals surface area contributed by atoms with Crippen molar-refractivity contribution in [2.24, 2.45) is 4.99 Å². The molecule has 1 saturated carbocycles. The van der Waals surface area contributed by atoms with Gasteiger partial charge in [-0.15, -0.1) is 24.0 Å². The second-order valence-electron chi connectivity index (χ2n) is 7.12. The van der Waals surface area contributed by atoms with Crippen LogP contribution in [-0.4, -0.2) is 23.3 Å². The van der Waals surface area contributed by atoms with E-state index >= 15 is 0 Å². The minimum Gasteiger partial charge on any atom is -0.487 e. The predicted octanol–water partition coefficient (Wildman–Crippen LogP) is 4.18.